The van der Waals surface area contributed by atoms with E-state index in [1.807, 2.05) is 31.2 Å². The maximum Gasteiger partial charge on any atom is 0.239 e. The number of hydrogen-bond donors (Lipinski definition) is 0. The zero-order valence-electron chi connectivity index (χ0n) is 17.8. The lowest BCUT2D eigenvalue weighted by Gasteiger charge is -2.20. The van der Waals surface area contributed by atoms with E-state index in [1.54, 1.807) is 11.8 Å². The van der Waals surface area contributed by atoms with E-state index in [-0.39, 0.29) is 11.3 Å². The first kappa shape index (κ1) is 22.6. The van der Waals surface area contributed by atoms with Crippen molar-refractivity contribution in [3.05, 3.63) is 46.8 Å². The second-order valence-corrected chi connectivity index (χ2v) is 8.73. The quantitative estimate of drug-likeness (QED) is 0.329. The van der Waals surface area contributed by atoms with Gasteiger partial charge < -0.3 is 13.8 Å². The van der Waals surface area contributed by atoms with Gasteiger partial charge in [0.15, 0.2) is 16.8 Å². The molecule has 0 aliphatic carbocycles. The Balaban J connectivity index is 1.80. The third kappa shape index (κ3) is 5.35. The van der Waals surface area contributed by atoms with E-state index in [2.05, 4.69) is 45.7 Å². The minimum atomic E-state index is -0.0299. The first-order valence-electron chi connectivity index (χ1n) is 10.4. The second kappa shape index (κ2) is 10.8. The largest absolute Gasteiger partial charge is 0.484 e. The molecule has 0 radical (unpaired) electrons. The molecule has 0 aliphatic rings. The van der Waals surface area contributed by atoms with Crippen molar-refractivity contribution >= 4 is 23.4 Å². The fourth-order valence-corrected chi connectivity index (χ4v) is 4.34. The molecule has 0 fully saturated rings. The number of aryl methyl sites for hydroxylation is 1. The van der Waals surface area contributed by atoms with Gasteiger partial charge in [0, 0.05) is 12.5 Å². The van der Waals surface area contributed by atoms with Crippen LogP contribution in [0.3, 0.4) is 0 Å². The number of thioether (sulfide) groups is 1. The van der Waals surface area contributed by atoms with Gasteiger partial charge in [-0.15, -0.1) is 10.2 Å². The van der Waals surface area contributed by atoms with Crippen LogP contribution in [0.15, 0.2) is 33.9 Å². The summed E-state index contributed by atoms with van der Waals surface area (Å²) in [5, 5.41) is 14.3. The van der Waals surface area contributed by atoms with Crippen LogP contribution in [0, 0.1) is 0 Å². The Morgan fingerprint density at radius 3 is 2.63 bits per heavy atom. The summed E-state index contributed by atoms with van der Waals surface area (Å²) in [4.78, 5) is 4.51. The van der Waals surface area contributed by atoms with Crippen molar-refractivity contribution in [2.45, 2.75) is 76.4 Å². The number of nitrogens with zero attached hydrogens (tertiary/aromatic N) is 5. The molecule has 30 heavy (non-hydrogen) atoms. The topological polar surface area (TPSA) is 78.9 Å². The molecule has 3 aromatic rings. The normalized spacial score (nSPS) is 12.5. The summed E-state index contributed by atoms with van der Waals surface area (Å²) in [6.45, 7) is 8.77. The molecule has 0 amide bonds. The Morgan fingerprint density at radius 2 is 1.93 bits per heavy atom. The van der Waals surface area contributed by atoms with Crippen LogP contribution >= 0.6 is 23.4 Å². The minimum absolute atomic E-state index is 0.0299. The van der Waals surface area contributed by atoms with Crippen LogP contribution in [-0.2, 0) is 13.0 Å². The molecular formula is C21H28ClN5O2S. The van der Waals surface area contributed by atoms with Gasteiger partial charge in [0.05, 0.1) is 10.3 Å². The van der Waals surface area contributed by atoms with Crippen LogP contribution in [0.1, 0.15) is 75.8 Å². The number of aromatic nitrogens is 5. The number of rotatable bonds is 11. The smallest absolute Gasteiger partial charge is 0.239 e. The van der Waals surface area contributed by atoms with Crippen LogP contribution < -0.4 is 4.74 Å². The molecule has 3 rings (SSSR count). The van der Waals surface area contributed by atoms with Crippen molar-refractivity contribution in [1.29, 1.82) is 0 Å². The van der Waals surface area contributed by atoms with E-state index in [9.17, 15) is 0 Å². The highest BCUT2D eigenvalue weighted by atomic mass is 35.5. The highest BCUT2D eigenvalue weighted by molar-refractivity contribution is 7.99. The zero-order chi connectivity index (χ0) is 21.5. The van der Waals surface area contributed by atoms with Crippen LogP contribution in [-0.4, -0.2) is 24.9 Å². The average Bonchev–Trinajstić information content (AvgIpc) is 3.37. The van der Waals surface area contributed by atoms with Crippen LogP contribution in [0.25, 0.3) is 0 Å². The van der Waals surface area contributed by atoms with E-state index in [0.717, 1.165) is 42.5 Å². The van der Waals surface area contributed by atoms with Crippen molar-refractivity contribution in [1.82, 2.24) is 24.9 Å². The third-order valence-electron chi connectivity index (χ3n) is 4.82. The molecular weight excluding hydrogens is 422 g/mol. The van der Waals surface area contributed by atoms with Crippen LogP contribution in [0.4, 0.5) is 0 Å². The van der Waals surface area contributed by atoms with Crippen molar-refractivity contribution in [3.63, 3.8) is 0 Å². The lowest BCUT2D eigenvalue weighted by molar-refractivity contribution is 0.278. The predicted molar refractivity (Wildman–Crippen MR) is 118 cm³/mol. The number of halogens is 1. The van der Waals surface area contributed by atoms with E-state index in [1.165, 1.54) is 0 Å². The molecule has 0 spiro atoms. The Bertz CT molecular complexity index is 941. The lowest BCUT2D eigenvalue weighted by Crippen LogP contribution is -2.14. The molecule has 0 N–H and O–H groups in total. The maximum absolute atomic E-state index is 6.22. The van der Waals surface area contributed by atoms with Crippen molar-refractivity contribution in [2.24, 2.45) is 0 Å². The third-order valence-corrected chi connectivity index (χ3v) is 6.18. The van der Waals surface area contributed by atoms with Crippen LogP contribution in [0.5, 0.6) is 5.75 Å². The first-order chi connectivity index (χ1) is 14.6. The van der Waals surface area contributed by atoms with Gasteiger partial charge in [0.1, 0.15) is 12.4 Å². The summed E-state index contributed by atoms with van der Waals surface area (Å²) in [6.07, 6.45) is 3.74. The summed E-state index contributed by atoms with van der Waals surface area (Å²) < 4.78 is 13.5. The monoisotopic (exact) mass is 449 g/mol. The summed E-state index contributed by atoms with van der Waals surface area (Å²) in [5.41, 5.74) is 0. The molecule has 2 heterocycles. The number of para-hydroxylation sites is 1. The predicted octanol–water partition coefficient (Wildman–Crippen LogP) is 6.06. The molecule has 162 valence electrons. The van der Waals surface area contributed by atoms with E-state index < -0.39 is 0 Å². The Hall–Kier alpha value is -2.06. The van der Waals surface area contributed by atoms with Crippen molar-refractivity contribution in [2.75, 3.05) is 0 Å². The zero-order valence-corrected chi connectivity index (χ0v) is 19.4. The summed E-state index contributed by atoms with van der Waals surface area (Å²) >= 11 is 7.79. The average molecular weight is 450 g/mol. The molecule has 2 aromatic heterocycles. The Labute approximate surface area is 186 Å². The molecule has 0 aliphatic heterocycles. The van der Waals surface area contributed by atoms with Gasteiger partial charge in [-0.25, -0.2) is 0 Å². The number of ether oxygens (including phenoxy) is 1. The maximum atomic E-state index is 6.22. The van der Waals surface area contributed by atoms with Crippen LogP contribution in [0.2, 0.25) is 5.02 Å². The molecule has 0 bridgehead atoms. The lowest BCUT2D eigenvalue weighted by atomic mass is 10.2. The van der Waals surface area contributed by atoms with Crippen molar-refractivity contribution in [3.8, 4) is 5.75 Å². The minimum Gasteiger partial charge on any atom is -0.484 e. The molecule has 1 unspecified atom stereocenters. The van der Waals surface area contributed by atoms with Gasteiger partial charge in [0.25, 0.3) is 0 Å². The first-order valence-corrected chi connectivity index (χ1v) is 11.6. The fourth-order valence-electron chi connectivity index (χ4n) is 3.18. The van der Waals surface area contributed by atoms with E-state index in [0.29, 0.717) is 23.3 Å². The SMILES string of the molecule is CCCc1noc(C(C)Sc2nnc(COc3ccccc3Cl)n2C(CC)CC)n1. The van der Waals surface area contributed by atoms with Gasteiger partial charge in [0.2, 0.25) is 5.89 Å². The molecule has 1 aromatic carbocycles. The summed E-state index contributed by atoms with van der Waals surface area (Å²) in [7, 11) is 0. The number of benzene rings is 1. The fraction of sp³-hybridized carbons (Fsp3) is 0.524. The van der Waals surface area contributed by atoms with Gasteiger partial charge in [-0.2, -0.15) is 4.98 Å². The van der Waals surface area contributed by atoms with Gasteiger partial charge >= 0.3 is 0 Å². The van der Waals surface area contributed by atoms with E-state index >= 15 is 0 Å². The highest BCUT2D eigenvalue weighted by Gasteiger charge is 2.24. The molecule has 7 nitrogen and oxygen atoms in total. The summed E-state index contributed by atoms with van der Waals surface area (Å²) in [5.74, 6) is 2.76. The standard InChI is InChI=1S/C21H28ClN5O2S/c1-5-10-18-23-20(29-26-18)14(4)30-21-25-24-19(27(21)15(6-2)7-3)13-28-17-12-9-8-11-16(17)22/h8-9,11-12,14-15H,5-7,10,13H2,1-4H3. The molecule has 9 heteroatoms. The Morgan fingerprint density at radius 1 is 1.17 bits per heavy atom. The highest BCUT2D eigenvalue weighted by Crippen LogP contribution is 2.36. The molecule has 0 saturated carbocycles. The van der Waals surface area contributed by atoms with Gasteiger partial charge in [-0.1, -0.05) is 61.4 Å². The number of hydrogen-bond acceptors (Lipinski definition) is 7. The molecule has 0 saturated heterocycles. The van der Waals surface area contributed by atoms with Gasteiger partial charge in [-0.05, 0) is 38.3 Å². The second-order valence-electron chi connectivity index (χ2n) is 7.02. The Kier molecular flexibility index (Phi) is 8.16. The van der Waals surface area contributed by atoms with Crippen molar-refractivity contribution < 1.29 is 9.26 Å². The summed E-state index contributed by atoms with van der Waals surface area (Å²) in [6, 6.07) is 7.70. The van der Waals surface area contributed by atoms with Gasteiger partial charge in [-0.3, -0.25) is 0 Å². The van der Waals surface area contributed by atoms with E-state index in [4.69, 9.17) is 20.9 Å². The molecule has 1 atom stereocenters.